The number of carbonyl (C=O) groups excluding carboxylic acids is 1. The first-order chi connectivity index (χ1) is 7.71. The zero-order chi connectivity index (χ0) is 13.2. The van der Waals surface area contributed by atoms with Crippen LogP contribution in [0.4, 0.5) is 18.9 Å². The fraction of sp³-hybridized carbons (Fsp3) is 0.300. The van der Waals surface area contributed by atoms with Gasteiger partial charge in [-0.05, 0) is 41.1 Å². The third-order valence-corrected chi connectivity index (χ3v) is 3.02. The van der Waals surface area contributed by atoms with Crippen LogP contribution in [0.15, 0.2) is 22.7 Å². The Morgan fingerprint density at radius 2 is 2.00 bits per heavy atom. The van der Waals surface area contributed by atoms with E-state index in [1.807, 2.05) is 0 Å². The standard InChI is InChI=1S/C10H8Br2F3NO/c1-5(11)9(17)16-8-4-6(10(13,14)15)2-3-7(8)12/h2-5H,1H3,(H,16,17). The summed E-state index contributed by atoms with van der Waals surface area (Å²) in [5.74, 6) is -0.412. The zero-order valence-corrected chi connectivity index (χ0v) is 11.8. The van der Waals surface area contributed by atoms with Crippen molar-refractivity contribution in [2.75, 3.05) is 5.32 Å². The van der Waals surface area contributed by atoms with E-state index < -0.39 is 22.5 Å². The molecule has 1 unspecified atom stereocenters. The first kappa shape index (κ1) is 14.5. The molecule has 0 heterocycles. The van der Waals surface area contributed by atoms with Crippen molar-refractivity contribution in [3.63, 3.8) is 0 Å². The quantitative estimate of drug-likeness (QED) is 0.772. The van der Waals surface area contributed by atoms with E-state index in [9.17, 15) is 18.0 Å². The van der Waals surface area contributed by atoms with E-state index in [1.165, 1.54) is 6.07 Å². The van der Waals surface area contributed by atoms with Crippen molar-refractivity contribution >= 4 is 43.5 Å². The van der Waals surface area contributed by atoms with Crippen molar-refractivity contribution in [1.82, 2.24) is 0 Å². The highest BCUT2D eigenvalue weighted by atomic mass is 79.9. The first-order valence-corrected chi connectivity index (χ1v) is 6.24. The molecule has 1 aromatic carbocycles. The zero-order valence-electron chi connectivity index (χ0n) is 8.61. The molecule has 7 heteroatoms. The summed E-state index contributed by atoms with van der Waals surface area (Å²) in [6.07, 6.45) is -4.43. The fourth-order valence-corrected chi connectivity index (χ4v) is 1.49. The second-order valence-electron chi connectivity index (χ2n) is 3.30. The Kier molecular flexibility index (Phi) is 4.60. The summed E-state index contributed by atoms with van der Waals surface area (Å²) in [6, 6.07) is 3.08. The highest BCUT2D eigenvalue weighted by Gasteiger charge is 2.31. The van der Waals surface area contributed by atoms with Gasteiger partial charge in [0.05, 0.1) is 16.1 Å². The molecule has 1 atom stereocenters. The number of carbonyl (C=O) groups is 1. The number of nitrogens with one attached hydrogen (secondary N) is 1. The summed E-state index contributed by atoms with van der Waals surface area (Å²) >= 11 is 6.11. The Balaban J connectivity index is 3.03. The topological polar surface area (TPSA) is 29.1 Å². The minimum Gasteiger partial charge on any atom is -0.324 e. The third kappa shape index (κ3) is 3.99. The summed E-state index contributed by atoms with van der Waals surface area (Å²) in [5.41, 5.74) is -0.714. The van der Waals surface area contributed by atoms with Crippen LogP contribution < -0.4 is 5.32 Å². The van der Waals surface area contributed by atoms with E-state index in [0.29, 0.717) is 4.47 Å². The van der Waals surface area contributed by atoms with E-state index in [1.54, 1.807) is 6.92 Å². The summed E-state index contributed by atoms with van der Waals surface area (Å²) in [4.78, 5) is 10.9. The molecule has 0 aromatic heterocycles. The average Bonchev–Trinajstić information content (AvgIpc) is 2.19. The van der Waals surface area contributed by atoms with E-state index in [2.05, 4.69) is 37.2 Å². The van der Waals surface area contributed by atoms with Crippen LogP contribution in [0.1, 0.15) is 12.5 Å². The molecule has 1 N–H and O–H groups in total. The predicted molar refractivity (Wildman–Crippen MR) is 66.2 cm³/mol. The predicted octanol–water partition coefficient (Wildman–Crippen LogP) is 4.19. The molecule has 1 rings (SSSR count). The van der Waals surface area contributed by atoms with Gasteiger partial charge in [0.15, 0.2) is 0 Å². The molecular formula is C10H8Br2F3NO. The minimum absolute atomic E-state index is 0.0936. The first-order valence-electron chi connectivity index (χ1n) is 4.53. The van der Waals surface area contributed by atoms with Crippen LogP contribution in [0, 0.1) is 0 Å². The molecule has 0 saturated carbocycles. The van der Waals surface area contributed by atoms with Gasteiger partial charge in [-0.1, -0.05) is 15.9 Å². The van der Waals surface area contributed by atoms with Crippen molar-refractivity contribution in [3.8, 4) is 0 Å². The summed E-state index contributed by atoms with van der Waals surface area (Å²) in [6.45, 7) is 1.58. The van der Waals surface area contributed by atoms with Gasteiger partial charge in [-0.25, -0.2) is 0 Å². The van der Waals surface area contributed by atoms with Crippen molar-refractivity contribution in [2.45, 2.75) is 17.9 Å². The fourth-order valence-electron chi connectivity index (χ4n) is 1.03. The molecule has 2 nitrogen and oxygen atoms in total. The van der Waals surface area contributed by atoms with Crippen LogP contribution in [0.5, 0.6) is 0 Å². The second-order valence-corrected chi connectivity index (χ2v) is 5.53. The second kappa shape index (κ2) is 5.39. The van der Waals surface area contributed by atoms with Gasteiger partial charge >= 0.3 is 6.18 Å². The van der Waals surface area contributed by atoms with E-state index >= 15 is 0 Å². The Morgan fingerprint density at radius 3 is 2.47 bits per heavy atom. The minimum atomic E-state index is -4.43. The number of benzene rings is 1. The van der Waals surface area contributed by atoms with Gasteiger partial charge in [0.1, 0.15) is 0 Å². The average molecular weight is 375 g/mol. The van der Waals surface area contributed by atoms with Crippen LogP contribution in [0.2, 0.25) is 0 Å². The van der Waals surface area contributed by atoms with E-state index in [0.717, 1.165) is 12.1 Å². The molecule has 0 fully saturated rings. The summed E-state index contributed by atoms with van der Waals surface area (Å²) in [5, 5.41) is 2.39. The molecule has 1 aromatic rings. The van der Waals surface area contributed by atoms with E-state index in [-0.39, 0.29) is 5.69 Å². The Bertz CT molecular complexity index is 432. The Hall–Kier alpha value is -0.560. The molecule has 0 radical (unpaired) electrons. The maximum absolute atomic E-state index is 12.5. The van der Waals surface area contributed by atoms with Gasteiger partial charge in [-0.2, -0.15) is 13.2 Å². The molecule has 94 valence electrons. The smallest absolute Gasteiger partial charge is 0.324 e. The maximum Gasteiger partial charge on any atom is 0.416 e. The lowest BCUT2D eigenvalue weighted by Gasteiger charge is -2.12. The van der Waals surface area contributed by atoms with Crippen molar-refractivity contribution in [3.05, 3.63) is 28.2 Å². The number of halogens is 5. The lowest BCUT2D eigenvalue weighted by molar-refractivity contribution is -0.137. The largest absolute Gasteiger partial charge is 0.416 e. The molecular weight excluding hydrogens is 367 g/mol. The Labute approximate surface area is 113 Å². The number of amides is 1. The van der Waals surface area contributed by atoms with Crippen LogP contribution in [-0.4, -0.2) is 10.7 Å². The maximum atomic E-state index is 12.5. The number of hydrogen-bond donors (Lipinski definition) is 1. The monoisotopic (exact) mass is 373 g/mol. The normalized spacial score (nSPS) is 13.3. The lowest BCUT2D eigenvalue weighted by Crippen LogP contribution is -2.20. The van der Waals surface area contributed by atoms with E-state index in [4.69, 9.17) is 0 Å². The molecule has 0 bridgehead atoms. The van der Waals surface area contributed by atoms with Crippen LogP contribution in [-0.2, 0) is 11.0 Å². The SMILES string of the molecule is CC(Br)C(=O)Nc1cc(C(F)(F)F)ccc1Br. The molecule has 1 amide bonds. The van der Waals surface area contributed by atoms with Gasteiger partial charge in [0.2, 0.25) is 5.91 Å². The van der Waals surface area contributed by atoms with Crippen LogP contribution in [0.25, 0.3) is 0 Å². The molecule has 0 saturated heterocycles. The number of anilines is 1. The molecule has 0 aliphatic rings. The number of rotatable bonds is 2. The summed E-state index contributed by atoms with van der Waals surface area (Å²) in [7, 11) is 0. The number of alkyl halides is 4. The highest BCUT2D eigenvalue weighted by molar-refractivity contribution is 9.10. The van der Waals surface area contributed by atoms with Crippen molar-refractivity contribution in [2.24, 2.45) is 0 Å². The van der Waals surface area contributed by atoms with Gasteiger partial charge in [-0.3, -0.25) is 4.79 Å². The van der Waals surface area contributed by atoms with Crippen molar-refractivity contribution < 1.29 is 18.0 Å². The molecule has 0 aliphatic heterocycles. The van der Waals surface area contributed by atoms with Gasteiger partial charge < -0.3 is 5.32 Å². The molecule has 17 heavy (non-hydrogen) atoms. The molecule has 0 aliphatic carbocycles. The molecule has 0 spiro atoms. The van der Waals surface area contributed by atoms with Gasteiger partial charge in [-0.15, -0.1) is 0 Å². The van der Waals surface area contributed by atoms with Crippen LogP contribution in [0.3, 0.4) is 0 Å². The Morgan fingerprint density at radius 1 is 1.41 bits per heavy atom. The van der Waals surface area contributed by atoms with Gasteiger partial charge in [0, 0.05) is 4.47 Å². The van der Waals surface area contributed by atoms with Gasteiger partial charge in [0.25, 0.3) is 0 Å². The van der Waals surface area contributed by atoms with Crippen molar-refractivity contribution in [1.29, 1.82) is 0 Å². The highest BCUT2D eigenvalue weighted by Crippen LogP contribution is 2.34. The third-order valence-electron chi connectivity index (χ3n) is 1.91. The lowest BCUT2D eigenvalue weighted by atomic mass is 10.2. The summed E-state index contributed by atoms with van der Waals surface area (Å²) < 4.78 is 37.8. The number of hydrogen-bond acceptors (Lipinski definition) is 1. The van der Waals surface area contributed by atoms with Crippen LogP contribution >= 0.6 is 31.9 Å².